The average Bonchev–Trinajstić information content (AvgIpc) is 2.18. The predicted octanol–water partition coefficient (Wildman–Crippen LogP) is 1.26. The third kappa shape index (κ3) is 2.47. The molecule has 0 radical (unpaired) electrons. The van der Waals surface area contributed by atoms with Crippen LogP contribution >= 0.6 is 0 Å². The number of piperidine rings is 1. The summed E-state index contributed by atoms with van der Waals surface area (Å²) >= 11 is 0. The molecule has 1 fully saturated rings. The Morgan fingerprint density at radius 1 is 1.43 bits per heavy atom. The van der Waals surface area contributed by atoms with Crippen LogP contribution in [0, 0.1) is 11.3 Å². The first-order valence-electron chi connectivity index (χ1n) is 5.38. The fraction of sp³-hybridized carbons (Fsp3) is 0.909. The van der Waals surface area contributed by atoms with Crippen LogP contribution in [-0.2, 0) is 4.79 Å². The third-order valence-electron chi connectivity index (χ3n) is 3.16. The zero-order chi connectivity index (χ0) is 10.8. The van der Waals surface area contributed by atoms with Gasteiger partial charge in [-0.25, -0.2) is 0 Å². The van der Waals surface area contributed by atoms with E-state index >= 15 is 0 Å². The van der Waals surface area contributed by atoms with Gasteiger partial charge in [-0.15, -0.1) is 0 Å². The Bertz CT molecular complexity index is 205. The van der Waals surface area contributed by atoms with E-state index in [1.165, 1.54) is 0 Å². The number of hydrogen-bond acceptors (Lipinski definition) is 2. The summed E-state index contributed by atoms with van der Waals surface area (Å²) in [4.78, 5) is 13.6. The lowest BCUT2D eigenvalue weighted by molar-refractivity contribution is -0.137. The van der Waals surface area contributed by atoms with Crippen LogP contribution in [0.15, 0.2) is 0 Å². The van der Waals surface area contributed by atoms with Crippen molar-refractivity contribution in [2.75, 3.05) is 19.7 Å². The Labute approximate surface area is 86.1 Å². The van der Waals surface area contributed by atoms with Crippen molar-refractivity contribution in [3.05, 3.63) is 0 Å². The van der Waals surface area contributed by atoms with Crippen LogP contribution in [0.5, 0.6) is 0 Å². The molecule has 3 heteroatoms. The lowest BCUT2D eigenvalue weighted by Gasteiger charge is -2.38. The summed E-state index contributed by atoms with van der Waals surface area (Å²) in [7, 11) is 0. The Kier molecular flexibility index (Phi) is 3.53. The molecular weight excluding hydrogens is 178 g/mol. The molecule has 14 heavy (non-hydrogen) atoms. The standard InChI is InChI=1S/C11H21NO2/c1-9(2)10(14)12-6-4-11(3,8-13)5-7-12/h9,13H,4-8H2,1-3H3. The van der Waals surface area contributed by atoms with Crippen molar-refractivity contribution in [1.82, 2.24) is 4.90 Å². The summed E-state index contributed by atoms with van der Waals surface area (Å²) < 4.78 is 0. The minimum atomic E-state index is 0.0355. The van der Waals surface area contributed by atoms with Gasteiger partial charge in [0.2, 0.25) is 5.91 Å². The van der Waals surface area contributed by atoms with Crippen LogP contribution in [0.4, 0.5) is 0 Å². The normalized spacial score (nSPS) is 21.4. The second-order valence-electron chi connectivity index (χ2n) is 4.95. The Hall–Kier alpha value is -0.570. The molecular formula is C11H21NO2. The molecule has 3 nitrogen and oxygen atoms in total. The van der Waals surface area contributed by atoms with Gasteiger partial charge in [0, 0.05) is 25.6 Å². The quantitative estimate of drug-likeness (QED) is 0.727. The zero-order valence-corrected chi connectivity index (χ0v) is 9.42. The van der Waals surface area contributed by atoms with E-state index in [4.69, 9.17) is 0 Å². The molecule has 0 bridgehead atoms. The molecule has 1 aliphatic rings. The molecule has 0 aliphatic carbocycles. The first kappa shape index (κ1) is 11.5. The smallest absolute Gasteiger partial charge is 0.225 e. The van der Waals surface area contributed by atoms with Gasteiger partial charge in [0.15, 0.2) is 0 Å². The predicted molar refractivity (Wildman–Crippen MR) is 55.8 cm³/mol. The second-order valence-corrected chi connectivity index (χ2v) is 4.95. The first-order valence-corrected chi connectivity index (χ1v) is 5.38. The molecule has 1 aliphatic heterocycles. The number of carbonyl (C=O) groups excluding carboxylic acids is 1. The summed E-state index contributed by atoms with van der Waals surface area (Å²) in [6.45, 7) is 7.79. The number of rotatable bonds is 2. The average molecular weight is 199 g/mol. The summed E-state index contributed by atoms with van der Waals surface area (Å²) in [5, 5.41) is 9.18. The monoisotopic (exact) mass is 199 g/mol. The Balaban J connectivity index is 2.47. The lowest BCUT2D eigenvalue weighted by atomic mass is 9.81. The van der Waals surface area contributed by atoms with Gasteiger partial charge < -0.3 is 10.0 Å². The molecule has 0 atom stereocenters. The summed E-state index contributed by atoms with van der Waals surface area (Å²) in [6.07, 6.45) is 1.84. The second kappa shape index (κ2) is 4.30. The molecule has 0 aromatic rings. The Morgan fingerprint density at radius 2 is 1.93 bits per heavy atom. The molecule has 1 rings (SSSR count). The highest BCUT2D eigenvalue weighted by molar-refractivity contribution is 5.78. The van der Waals surface area contributed by atoms with Crippen molar-refractivity contribution in [1.29, 1.82) is 0 Å². The Morgan fingerprint density at radius 3 is 2.29 bits per heavy atom. The molecule has 0 unspecified atom stereocenters. The lowest BCUT2D eigenvalue weighted by Crippen LogP contribution is -2.44. The van der Waals surface area contributed by atoms with Crippen LogP contribution in [0.25, 0.3) is 0 Å². The van der Waals surface area contributed by atoms with Crippen LogP contribution in [0.2, 0.25) is 0 Å². The van der Waals surface area contributed by atoms with Crippen LogP contribution in [-0.4, -0.2) is 35.6 Å². The van der Waals surface area contributed by atoms with Gasteiger partial charge in [-0.05, 0) is 18.3 Å². The molecule has 0 aromatic heterocycles. The van der Waals surface area contributed by atoms with E-state index in [0.29, 0.717) is 0 Å². The summed E-state index contributed by atoms with van der Waals surface area (Å²) in [6, 6.07) is 0. The maximum absolute atomic E-state index is 11.7. The highest BCUT2D eigenvalue weighted by atomic mass is 16.3. The summed E-state index contributed by atoms with van der Waals surface area (Å²) in [5.74, 6) is 0.332. The molecule has 0 aromatic carbocycles. The largest absolute Gasteiger partial charge is 0.396 e. The topological polar surface area (TPSA) is 40.5 Å². The highest BCUT2D eigenvalue weighted by Crippen LogP contribution is 2.30. The van der Waals surface area contributed by atoms with Crippen molar-refractivity contribution in [2.24, 2.45) is 11.3 Å². The van der Waals surface area contributed by atoms with E-state index in [1.54, 1.807) is 0 Å². The van der Waals surface area contributed by atoms with E-state index < -0.39 is 0 Å². The van der Waals surface area contributed by atoms with Gasteiger partial charge in [0.25, 0.3) is 0 Å². The van der Waals surface area contributed by atoms with E-state index in [-0.39, 0.29) is 23.8 Å². The van der Waals surface area contributed by atoms with Crippen molar-refractivity contribution < 1.29 is 9.90 Å². The van der Waals surface area contributed by atoms with Crippen LogP contribution in [0.1, 0.15) is 33.6 Å². The summed E-state index contributed by atoms with van der Waals surface area (Å²) in [5.41, 5.74) is 0.0355. The van der Waals surface area contributed by atoms with E-state index in [1.807, 2.05) is 18.7 Å². The van der Waals surface area contributed by atoms with Gasteiger partial charge >= 0.3 is 0 Å². The van der Waals surface area contributed by atoms with Crippen molar-refractivity contribution in [2.45, 2.75) is 33.6 Å². The number of aliphatic hydroxyl groups is 1. The SMILES string of the molecule is CC(C)C(=O)N1CCC(C)(CO)CC1. The highest BCUT2D eigenvalue weighted by Gasteiger charge is 2.31. The molecule has 0 spiro atoms. The molecule has 82 valence electrons. The van der Waals surface area contributed by atoms with Crippen molar-refractivity contribution >= 4 is 5.91 Å². The van der Waals surface area contributed by atoms with Gasteiger partial charge in [0.1, 0.15) is 0 Å². The van der Waals surface area contributed by atoms with Crippen LogP contribution < -0.4 is 0 Å². The van der Waals surface area contributed by atoms with Gasteiger partial charge in [0.05, 0.1) is 0 Å². The van der Waals surface area contributed by atoms with Gasteiger partial charge in [-0.2, -0.15) is 0 Å². The van der Waals surface area contributed by atoms with Gasteiger partial charge in [-0.3, -0.25) is 4.79 Å². The minimum absolute atomic E-state index is 0.0355. The van der Waals surface area contributed by atoms with E-state index in [2.05, 4.69) is 6.92 Å². The van der Waals surface area contributed by atoms with E-state index in [0.717, 1.165) is 25.9 Å². The number of likely N-dealkylation sites (tertiary alicyclic amines) is 1. The number of nitrogens with zero attached hydrogens (tertiary/aromatic N) is 1. The minimum Gasteiger partial charge on any atom is -0.396 e. The number of amides is 1. The third-order valence-corrected chi connectivity index (χ3v) is 3.16. The first-order chi connectivity index (χ1) is 6.48. The molecule has 1 saturated heterocycles. The van der Waals surface area contributed by atoms with Gasteiger partial charge in [-0.1, -0.05) is 20.8 Å². The molecule has 1 amide bonds. The number of carbonyl (C=O) groups is 1. The van der Waals surface area contributed by atoms with Crippen molar-refractivity contribution in [3.8, 4) is 0 Å². The molecule has 0 saturated carbocycles. The molecule has 1 N–H and O–H groups in total. The fourth-order valence-corrected chi connectivity index (χ4v) is 1.79. The van der Waals surface area contributed by atoms with Crippen molar-refractivity contribution in [3.63, 3.8) is 0 Å². The fourth-order valence-electron chi connectivity index (χ4n) is 1.79. The number of hydrogen-bond donors (Lipinski definition) is 1. The van der Waals surface area contributed by atoms with Crippen LogP contribution in [0.3, 0.4) is 0 Å². The maximum Gasteiger partial charge on any atom is 0.225 e. The molecule has 1 heterocycles. The zero-order valence-electron chi connectivity index (χ0n) is 9.42. The number of aliphatic hydroxyl groups excluding tert-OH is 1. The van der Waals surface area contributed by atoms with E-state index in [9.17, 15) is 9.90 Å². The maximum atomic E-state index is 11.7.